The van der Waals surface area contributed by atoms with Crippen molar-refractivity contribution in [2.75, 3.05) is 33.2 Å². The maximum absolute atomic E-state index is 12.7. The zero-order valence-electron chi connectivity index (χ0n) is 12.1. The van der Waals surface area contributed by atoms with Crippen molar-refractivity contribution in [3.8, 4) is 0 Å². The molecule has 0 aromatic heterocycles. The van der Waals surface area contributed by atoms with E-state index in [0.29, 0.717) is 19.0 Å². The molecule has 6 heteroatoms. The van der Waals surface area contributed by atoms with Crippen molar-refractivity contribution in [2.45, 2.75) is 45.1 Å². The van der Waals surface area contributed by atoms with Crippen molar-refractivity contribution in [1.82, 2.24) is 13.9 Å². The molecule has 1 saturated carbocycles. The molecule has 112 valence electrons. The summed E-state index contributed by atoms with van der Waals surface area (Å²) in [5.41, 5.74) is 0. The molecule has 1 heterocycles. The molecular formula is C13H27N3O2S. The third-order valence-electron chi connectivity index (χ3n) is 4.41. The summed E-state index contributed by atoms with van der Waals surface area (Å²) < 4.78 is 28.6. The number of hydrogen-bond acceptors (Lipinski definition) is 3. The Hall–Kier alpha value is -0.170. The number of hydrogen-bond donors (Lipinski definition) is 1. The Morgan fingerprint density at radius 2 is 1.95 bits per heavy atom. The number of rotatable bonds is 3. The van der Waals surface area contributed by atoms with Gasteiger partial charge in [-0.25, -0.2) is 0 Å². The highest BCUT2D eigenvalue weighted by molar-refractivity contribution is 7.86. The van der Waals surface area contributed by atoms with E-state index in [-0.39, 0.29) is 6.04 Å². The van der Waals surface area contributed by atoms with Gasteiger partial charge in [0.25, 0.3) is 10.2 Å². The summed E-state index contributed by atoms with van der Waals surface area (Å²) in [6.45, 7) is 5.13. The minimum Gasteiger partial charge on any atom is -0.315 e. The SMILES string of the molecule is CC1CCCC(N(C)S(=O)(=O)N2CCCNCC2)C1. The largest absolute Gasteiger partial charge is 0.315 e. The van der Waals surface area contributed by atoms with Gasteiger partial charge in [-0.3, -0.25) is 0 Å². The summed E-state index contributed by atoms with van der Waals surface area (Å²) in [6.07, 6.45) is 5.29. The molecule has 1 aliphatic heterocycles. The molecule has 0 radical (unpaired) electrons. The molecule has 0 aromatic carbocycles. The number of nitrogens with one attached hydrogen (secondary N) is 1. The molecule has 2 fully saturated rings. The fourth-order valence-corrected chi connectivity index (χ4v) is 4.77. The van der Waals surface area contributed by atoms with Gasteiger partial charge in [0.1, 0.15) is 0 Å². The van der Waals surface area contributed by atoms with Gasteiger partial charge in [0, 0.05) is 32.7 Å². The molecule has 0 spiro atoms. The highest BCUT2D eigenvalue weighted by Crippen LogP contribution is 2.28. The molecule has 0 aromatic rings. The zero-order valence-corrected chi connectivity index (χ0v) is 13.0. The van der Waals surface area contributed by atoms with Crippen LogP contribution in [-0.2, 0) is 10.2 Å². The molecule has 1 aliphatic carbocycles. The van der Waals surface area contributed by atoms with Crippen molar-refractivity contribution in [3.63, 3.8) is 0 Å². The average molecular weight is 289 g/mol. The van der Waals surface area contributed by atoms with E-state index in [1.165, 1.54) is 6.42 Å². The Balaban J connectivity index is 2.04. The Bertz CT molecular complexity index is 377. The lowest BCUT2D eigenvalue weighted by molar-refractivity contribution is 0.226. The van der Waals surface area contributed by atoms with Crippen LogP contribution >= 0.6 is 0 Å². The summed E-state index contributed by atoms with van der Waals surface area (Å²) in [7, 11) is -1.52. The molecular weight excluding hydrogens is 262 g/mol. The third kappa shape index (κ3) is 3.68. The van der Waals surface area contributed by atoms with Gasteiger partial charge in [-0.2, -0.15) is 17.0 Å². The second-order valence-electron chi connectivity index (χ2n) is 5.95. The first-order valence-electron chi connectivity index (χ1n) is 7.45. The van der Waals surface area contributed by atoms with Gasteiger partial charge < -0.3 is 5.32 Å². The van der Waals surface area contributed by atoms with E-state index in [4.69, 9.17) is 0 Å². The molecule has 2 unspecified atom stereocenters. The van der Waals surface area contributed by atoms with E-state index in [1.54, 1.807) is 15.7 Å². The van der Waals surface area contributed by atoms with E-state index in [1.807, 2.05) is 0 Å². The van der Waals surface area contributed by atoms with Crippen LogP contribution in [0.15, 0.2) is 0 Å². The van der Waals surface area contributed by atoms with Crippen LogP contribution in [0.25, 0.3) is 0 Å². The van der Waals surface area contributed by atoms with Crippen molar-refractivity contribution in [3.05, 3.63) is 0 Å². The fraction of sp³-hybridized carbons (Fsp3) is 1.00. The quantitative estimate of drug-likeness (QED) is 0.844. The molecule has 1 saturated heterocycles. The normalized spacial score (nSPS) is 31.3. The Labute approximate surface area is 117 Å². The first kappa shape index (κ1) is 15.2. The van der Waals surface area contributed by atoms with Gasteiger partial charge in [0.2, 0.25) is 0 Å². The summed E-state index contributed by atoms with van der Waals surface area (Å²) in [5.74, 6) is 0.641. The van der Waals surface area contributed by atoms with Gasteiger partial charge in [0.15, 0.2) is 0 Å². The molecule has 19 heavy (non-hydrogen) atoms. The minimum absolute atomic E-state index is 0.185. The first-order chi connectivity index (χ1) is 9.01. The van der Waals surface area contributed by atoms with Crippen molar-refractivity contribution in [1.29, 1.82) is 0 Å². The van der Waals surface area contributed by atoms with Gasteiger partial charge >= 0.3 is 0 Å². The van der Waals surface area contributed by atoms with Crippen LogP contribution in [0.5, 0.6) is 0 Å². The van der Waals surface area contributed by atoms with Crippen molar-refractivity contribution < 1.29 is 8.42 Å². The first-order valence-corrected chi connectivity index (χ1v) is 8.85. The summed E-state index contributed by atoms with van der Waals surface area (Å²) >= 11 is 0. The van der Waals surface area contributed by atoms with E-state index < -0.39 is 10.2 Å². The van der Waals surface area contributed by atoms with Crippen molar-refractivity contribution >= 4 is 10.2 Å². The van der Waals surface area contributed by atoms with Crippen LogP contribution < -0.4 is 5.32 Å². The van der Waals surface area contributed by atoms with Crippen LogP contribution in [-0.4, -0.2) is 56.3 Å². The maximum Gasteiger partial charge on any atom is 0.282 e. The van der Waals surface area contributed by atoms with Gasteiger partial charge in [-0.15, -0.1) is 0 Å². The fourth-order valence-electron chi connectivity index (χ4n) is 3.15. The lowest BCUT2D eigenvalue weighted by Gasteiger charge is -2.36. The monoisotopic (exact) mass is 289 g/mol. The second-order valence-corrected chi connectivity index (χ2v) is 7.94. The van der Waals surface area contributed by atoms with Gasteiger partial charge in [-0.05, 0) is 31.7 Å². The maximum atomic E-state index is 12.7. The molecule has 2 rings (SSSR count). The topological polar surface area (TPSA) is 52.7 Å². The highest BCUT2D eigenvalue weighted by atomic mass is 32.2. The Kier molecular flexibility index (Phi) is 5.22. The van der Waals surface area contributed by atoms with Crippen LogP contribution in [0, 0.1) is 5.92 Å². The Morgan fingerprint density at radius 1 is 1.16 bits per heavy atom. The van der Waals surface area contributed by atoms with Gasteiger partial charge in [-0.1, -0.05) is 19.8 Å². The second kappa shape index (κ2) is 6.52. The standard InChI is InChI=1S/C13H27N3O2S/c1-12-5-3-6-13(11-12)15(2)19(17,18)16-9-4-7-14-8-10-16/h12-14H,3-11H2,1-2H3. The van der Waals surface area contributed by atoms with Crippen LogP contribution in [0.1, 0.15) is 39.0 Å². The molecule has 2 atom stereocenters. The predicted molar refractivity (Wildman–Crippen MR) is 77.2 cm³/mol. The smallest absolute Gasteiger partial charge is 0.282 e. The van der Waals surface area contributed by atoms with E-state index in [2.05, 4.69) is 12.2 Å². The third-order valence-corrected chi connectivity index (χ3v) is 6.46. The highest BCUT2D eigenvalue weighted by Gasteiger charge is 2.34. The van der Waals surface area contributed by atoms with Crippen molar-refractivity contribution in [2.24, 2.45) is 5.92 Å². The Morgan fingerprint density at radius 3 is 2.68 bits per heavy atom. The average Bonchev–Trinajstić information content (AvgIpc) is 2.67. The minimum atomic E-state index is -3.28. The molecule has 5 nitrogen and oxygen atoms in total. The van der Waals surface area contributed by atoms with E-state index >= 15 is 0 Å². The van der Waals surface area contributed by atoms with Crippen LogP contribution in [0.2, 0.25) is 0 Å². The predicted octanol–water partition coefficient (Wildman–Crippen LogP) is 1.04. The van der Waals surface area contributed by atoms with E-state index in [9.17, 15) is 8.42 Å². The molecule has 1 N–H and O–H groups in total. The molecule has 2 aliphatic rings. The van der Waals surface area contributed by atoms with E-state index in [0.717, 1.165) is 38.8 Å². The molecule has 0 bridgehead atoms. The van der Waals surface area contributed by atoms with Crippen LogP contribution in [0.4, 0.5) is 0 Å². The molecule has 0 amide bonds. The summed E-state index contributed by atoms with van der Waals surface area (Å²) in [5, 5.41) is 3.25. The summed E-state index contributed by atoms with van der Waals surface area (Å²) in [4.78, 5) is 0. The number of nitrogens with zero attached hydrogens (tertiary/aromatic N) is 2. The summed E-state index contributed by atoms with van der Waals surface area (Å²) in [6, 6.07) is 0.185. The lowest BCUT2D eigenvalue weighted by Crippen LogP contribution is -2.48. The van der Waals surface area contributed by atoms with Crippen LogP contribution in [0.3, 0.4) is 0 Å². The van der Waals surface area contributed by atoms with Gasteiger partial charge in [0.05, 0.1) is 0 Å². The lowest BCUT2D eigenvalue weighted by atomic mass is 9.87. The zero-order chi connectivity index (χ0) is 13.9.